The second-order valence-electron chi connectivity index (χ2n) is 4.44. The van der Waals surface area contributed by atoms with Crippen LogP contribution in [-0.4, -0.2) is 30.4 Å². The van der Waals surface area contributed by atoms with Crippen LogP contribution >= 0.6 is 0 Å². The fourth-order valence-electron chi connectivity index (χ4n) is 2.27. The second-order valence-corrected chi connectivity index (χ2v) is 4.44. The third kappa shape index (κ3) is 4.62. The van der Waals surface area contributed by atoms with Crippen LogP contribution in [0.4, 0.5) is 0 Å². The van der Waals surface area contributed by atoms with Crippen LogP contribution in [0.1, 0.15) is 44.9 Å². The van der Waals surface area contributed by atoms with Gasteiger partial charge in [0.15, 0.2) is 0 Å². The minimum absolute atomic E-state index is 0.0629. The zero-order valence-corrected chi connectivity index (χ0v) is 9.67. The van der Waals surface area contributed by atoms with Crippen molar-refractivity contribution < 1.29 is 4.79 Å². The SMILES string of the molecule is CN(CCCC(=O)NN)C1CCCCC1. The average molecular weight is 213 g/mol. The third-order valence-electron chi connectivity index (χ3n) is 3.27. The van der Waals surface area contributed by atoms with Crippen LogP contribution in [0, 0.1) is 0 Å². The molecule has 0 heterocycles. The van der Waals surface area contributed by atoms with Gasteiger partial charge in [-0.3, -0.25) is 10.2 Å². The summed E-state index contributed by atoms with van der Waals surface area (Å²) in [4.78, 5) is 13.3. The number of hydrogen-bond acceptors (Lipinski definition) is 3. The first-order chi connectivity index (χ1) is 7.24. The van der Waals surface area contributed by atoms with Crippen molar-refractivity contribution in [2.75, 3.05) is 13.6 Å². The molecular weight excluding hydrogens is 190 g/mol. The monoisotopic (exact) mass is 213 g/mol. The Kier molecular flexibility index (Phi) is 5.65. The lowest BCUT2D eigenvalue weighted by Crippen LogP contribution is -2.35. The van der Waals surface area contributed by atoms with E-state index in [0.717, 1.165) is 19.0 Å². The predicted octanol–water partition coefficient (Wildman–Crippen LogP) is 1.02. The summed E-state index contributed by atoms with van der Waals surface area (Å²) in [5.41, 5.74) is 2.16. The molecule has 3 N–H and O–H groups in total. The molecule has 88 valence electrons. The lowest BCUT2D eigenvalue weighted by molar-refractivity contribution is -0.121. The molecule has 0 bridgehead atoms. The number of carbonyl (C=O) groups excluding carboxylic acids is 1. The first kappa shape index (κ1) is 12.5. The molecule has 4 nitrogen and oxygen atoms in total. The summed E-state index contributed by atoms with van der Waals surface area (Å²) in [5.74, 6) is 4.96. The quantitative estimate of drug-likeness (QED) is 0.407. The number of hydrogen-bond donors (Lipinski definition) is 2. The summed E-state index contributed by atoms with van der Waals surface area (Å²) in [6.45, 7) is 0.998. The van der Waals surface area contributed by atoms with E-state index in [1.165, 1.54) is 32.1 Å². The van der Waals surface area contributed by atoms with E-state index in [0.29, 0.717) is 6.42 Å². The van der Waals surface area contributed by atoms with E-state index in [9.17, 15) is 4.79 Å². The summed E-state index contributed by atoms with van der Waals surface area (Å²) < 4.78 is 0. The first-order valence-corrected chi connectivity index (χ1v) is 5.93. The smallest absolute Gasteiger partial charge is 0.233 e. The van der Waals surface area contributed by atoms with Crippen LogP contribution in [-0.2, 0) is 4.79 Å². The van der Waals surface area contributed by atoms with Gasteiger partial charge >= 0.3 is 0 Å². The zero-order valence-electron chi connectivity index (χ0n) is 9.67. The molecule has 0 saturated heterocycles. The maximum Gasteiger partial charge on any atom is 0.233 e. The predicted molar refractivity (Wildman–Crippen MR) is 61.1 cm³/mol. The van der Waals surface area contributed by atoms with Crippen molar-refractivity contribution in [2.45, 2.75) is 51.0 Å². The molecule has 0 aromatic rings. The molecule has 0 radical (unpaired) electrons. The Morgan fingerprint density at radius 2 is 2.07 bits per heavy atom. The zero-order chi connectivity index (χ0) is 11.1. The number of rotatable bonds is 5. The van der Waals surface area contributed by atoms with Crippen molar-refractivity contribution in [3.05, 3.63) is 0 Å². The van der Waals surface area contributed by atoms with E-state index < -0.39 is 0 Å². The van der Waals surface area contributed by atoms with E-state index in [1.807, 2.05) is 0 Å². The molecule has 1 amide bonds. The molecule has 0 unspecified atom stereocenters. The second kappa shape index (κ2) is 6.80. The summed E-state index contributed by atoms with van der Waals surface area (Å²) in [7, 11) is 2.16. The van der Waals surface area contributed by atoms with Crippen molar-refractivity contribution in [1.82, 2.24) is 10.3 Å². The van der Waals surface area contributed by atoms with Crippen molar-refractivity contribution in [1.29, 1.82) is 0 Å². The van der Waals surface area contributed by atoms with Gasteiger partial charge in [-0.2, -0.15) is 0 Å². The molecule has 1 aliphatic carbocycles. The summed E-state index contributed by atoms with van der Waals surface area (Å²) in [6, 6.07) is 0.736. The molecular formula is C11H23N3O. The number of amides is 1. The van der Waals surface area contributed by atoms with Gasteiger partial charge in [0.05, 0.1) is 0 Å². The third-order valence-corrected chi connectivity index (χ3v) is 3.27. The van der Waals surface area contributed by atoms with E-state index >= 15 is 0 Å². The molecule has 1 fully saturated rings. The van der Waals surface area contributed by atoms with Crippen LogP contribution in [0.5, 0.6) is 0 Å². The Labute approximate surface area is 92.2 Å². The van der Waals surface area contributed by atoms with Crippen molar-refractivity contribution in [2.24, 2.45) is 5.84 Å². The van der Waals surface area contributed by atoms with Crippen molar-refractivity contribution in [3.63, 3.8) is 0 Å². The van der Waals surface area contributed by atoms with E-state index in [4.69, 9.17) is 5.84 Å². The van der Waals surface area contributed by atoms with Gasteiger partial charge in [-0.05, 0) is 32.9 Å². The molecule has 0 aromatic heterocycles. The van der Waals surface area contributed by atoms with Gasteiger partial charge in [0.25, 0.3) is 0 Å². The summed E-state index contributed by atoms with van der Waals surface area (Å²) in [5, 5.41) is 0. The van der Waals surface area contributed by atoms with Gasteiger partial charge in [0, 0.05) is 12.5 Å². The Morgan fingerprint density at radius 3 is 2.67 bits per heavy atom. The Bertz CT molecular complexity index is 190. The van der Waals surface area contributed by atoms with Gasteiger partial charge in [-0.15, -0.1) is 0 Å². The largest absolute Gasteiger partial charge is 0.303 e. The molecule has 1 aliphatic rings. The van der Waals surface area contributed by atoms with Gasteiger partial charge in [0.1, 0.15) is 0 Å². The standard InChI is InChI=1S/C11H23N3O/c1-14(9-5-8-11(15)13-12)10-6-3-2-4-7-10/h10H,2-9,12H2,1H3,(H,13,15). The summed E-state index contributed by atoms with van der Waals surface area (Å²) >= 11 is 0. The van der Waals surface area contributed by atoms with Crippen LogP contribution < -0.4 is 11.3 Å². The van der Waals surface area contributed by atoms with Crippen molar-refractivity contribution in [3.8, 4) is 0 Å². The average Bonchev–Trinajstić information content (AvgIpc) is 2.29. The highest BCUT2D eigenvalue weighted by Gasteiger charge is 2.17. The van der Waals surface area contributed by atoms with Crippen molar-refractivity contribution >= 4 is 5.91 Å². The maximum atomic E-state index is 10.9. The Hall–Kier alpha value is -0.610. The molecule has 4 heteroatoms. The van der Waals surface area contributed by atoms with Crippen LogP contribution in [0.2, 0.25) is 0 Å². The Morgan fingerprint density at radius 1 is 1.40 bits per heavy atom. The van der Waals surface area contributed by atoms with E-state index in [-0.39, 0.29) is 5.91 Å². The molecule has 0 atom stereocenters. The fraction of sp³-hybridized carbons (Fsp3) is 0.909. The van der Waals surface area contributed by atoms with Crippen LogP contribution in [0.15, 0.2) is 0 Å². The van der Waals surface area contributed by atoms with Gasteiger partial charge in [-0.25, -0.2) is 5.84 Å². The molecule has 1 rings (SSSR count). The van der Waals surface area contributed by atoms with Crippen LogP contribution in [0.3, 0.4) is 0 Å². The maximum absolute atomic E-state index is 10.9. The summed E-state index contributed by atoms with van der Waals surface area (Å²) in [6.07, 6.45) is 8.18. The molecule has 1 saturated carbocycles. The van der Waals surface area contributed by atoms with Gasteiger partial charge < -0.3 is 4.90 Å². The van der Waals surface area contributed by atoms with Gasteiger partial charge in [0.2, 0.25) is 5.91 Å². The topological polar surface area (TPSA) is 58.4 Å². The highest BCUT2D eigenvalue weighted by atomic mass is 16.2. The number of nitrogens with one attached hydrogen (secondary N) is 1. The normalized spacial score (nSPS) is 18.1. The van der Waals surface area contributed by atoms with E-state index in [2.05, 4.69) is 17.4 Å². The van der Waals surface area contributed by atoms with Crippen LogP contribution in [0.25, 0.3) is 0 Å². The lowest BCUT2D eigenvalue weighted by Gasteiger charge is -2.31. The Balaban J connectivity index is 2.11. The number of carbonyl (C=O) groups is 1. The highest BCUT2D eigenvalue weighted by Crippen LogP contribution is 2.21. The molecule has 15 heavy (non-hydrogen) atoms. The van der Waals surface area contributed by atoms with E-state index in [1.54, 1.807) is 0 Å². The number of hydrazine groups is 1. The first-order valence-electron chi connectivity index (χ1n) is 5.93. The fourth-order valence-corrected chi connectivity index (χ4v) is 2.27. The number of nitrogens with two attached hydrogens (primary N) is 1. The molecule has 0 aromatic carbocycles. The van der Waals surface area contributed by atoms with Gasteiger partial charge in [-0.1, -0.05) is 19.3 Å². The minimum Gasteiger partial charge on any atom is -0.303 e. The number of nitrogens with zero attached hydrogens (tertiary/aromatic N) is 1. The lowest BCUT2D eigenvalue weighted by atomic mass is 9.94. The molecule has 0 spiro atoms. The minimum atomic E-state index is -0.0629. The molecule has 0 aliphatic heterocycles. The highest BCUT2D eigenvalue weighted by molar-refractivity contribution is 5.75.